The van der Waals surface area contributed by atoms with E-state index in [1.807, 2.05) is 13.2 Å². The lowest BCUT2D eigenvalue weighted by Gasteiger charge is -2.24. The van der Waals surface area contributed by atoms with Gasteiger partial charge in [0.05, 0.1) is 17.2 Å². The van der Waals surface area contributed by atoms with Crippen molar-refractivity contribution in [3.63, 3.8) is 0 Å². The molecule has 1 aromatic heterocycles. The molecule has 2 heterocycles. The van der Waals surface area contributed by atoms with E-state index in [9.17, 15) is 0 Å². The third-order valence-corrected chi connectivity index (χ3v) is 3.84. The van der Waals surface area contributed by atoms with Crippen molar-refractivity contribution in [3.8, 4) is 0 Å². The van der Waals surface area contributed by atoms with Crippen molar-refractivity contribution in [2.24, 2.45) is 7.05 Å². The number of hydrogen-bond donors (Lipinski definition) is 2. The lowest BCUT2D eigenvalue weighted by molar-refractivity contribution is 0.0277. The summed E-state index contributed by atoms with van der Waals surface area (Å²) in [4.78, 5) is 0. The molecule has 0 radical (unpaired) electrons. The van der Waals surface area contributed by atoms with E-state index in [1.54, 1.807) is 4.68 Å². The minimum atomic E-state index is 0.152. The molecule has 1 aromatic carbocycles. The van der Waals surface area contributed by atoms with Crippen LogP contribution in [0.15, 0.2) is 34.9 Å². The highest BCUT2D eigenvalue weighted by molar-refractivity contribution is 9.10. The van der Waals surface area contributed by atoms with Crippen LogP contribution in [0, 0.1) is 0 Å². The van der Waals surface area contributed by atoms with Gasteiger partial charge >= 0.3 is 0 Å². The fourth-order valence-corrected chi connectivity index (χ4v) is 2.72. The van der Waals surface area contributed by atoms with E-state index < -0.39 is 0 Å². The summed E-state index contributed by atoms with van der Waals surface area (Å²) in [7, 11) is 1.90. The smallest absolute Gasteiger partial charge is 0.166 e. The van der Waals surface area contributed by atoms with Crippen LogP contribution >= 0.6 is 15.9 Å². The third-order valence-electron chi connectivity index (χ3n) is 3.26. The van der Waals surface area contributed by atoms with Gasteiger partial charge in [-0.05, 0) is 33.6 Å². The predicted octanol–water partition coefficient (Wildman–Crippen LogP) is 2.59. The van der Waals surface area contributed by atoms with Gasteiger partial charge in [0.2, 0.25) is 0 Å². The molecular weight excluding hydrogens is 320 g/mol. The number of rotatable bonds is 3. The van der Waals surface area contributed by atoms with Gasteiger partial charge in [-0.1, -0.05) is 12.1 Å². The molecule has 1 aliphatic heterocycles. The Hall–Kier alpha value is -1.37. The minimum absolute atomic E-state index is 0.152. The number of nitrogens with one attached hydrogen (secondary N) is 2. The second kappa shape index (κ2) is 5.95. The zero-order valence-electron chi connectivity index (χ0n) is 11.3. The molecule has 1 atom stereocenters. The van der Waals surface area contributed by atoms with Crippen molar-refractivity contribution >= 4 is 27.4 Å². The van der Waals surface area contributed by atoms with Gasteiger partial charge in [0.1, 0.15) is 0 Å². The standard InChI is InChI=1S/C14H17BrN4O/c1-19-9-12(15)14(18-19)17-11-4-2-10(3-5-11)13-8-16-6-7-20-13/h2-5,9,13,16H,6-8H2,1H3,(H,17,18). The first-order chi connectivity index (χ1) is 9.72. The summed E-state index contributed by atoms with van der Waals surface area (Å²) < 4.78 is 8.45. The zero-order chi connectivity index (χ0) is 13.9. The topological polar surface area (TPSA) is 51.1 Å². The number of halogens is 1. The summed E-state index contributed by atoms with van der Waals surface area (Å²) in [5.41, 5.74) is 2.21. The fraction of sp³-hybridized carbons (Fsp3) is 0.357. The Balaban J connectivity index is 1.71. The minimum Gasteiger partial charge on any atom is -0.371 e. The van der Waals surface area contributed by atoms with Crippen LogP contribution in [0.1, 0.15) is 11.7 Å². The molecule has 2 N–H and O–H groups in total. The van der Waals surface area contributed by atoms with Crippen molar-refractivity contribution in [1.29, 1.82) is 0 Å². The monoisotopic (exact) mass is 336 g/mol. The summed E-state index contributed by atoms with van der Waals surface area (Å²) >= 11 is 3.48. The molecule has 0 spiro atoms. The first kappa shape index (κ1) is 13.6. The summed E-state index contributed by atoms with van der Waals surface area (Å²) in [6.07, 6.45) is 2.07. The molecule has 1 saturated heterocycles. The van der Waals surface area contributed by atoms with E-state index >= 15 is 0 Å². The van der Waals surface area contributed by atoms with Crippen molar-refractivity contribution in [2.45, 2.75) is 6.10 Å². The van der Waals surface area contributed by atoms with E-state index in [-0.39, 0.29) is 6.10 Å². The Bertz CT molecular complexity index is 575. The molecule has 106 valence electrons. The van der Waals surface area contributed by atoms with E-state index in [2.05, 4.69) is 55.9 Å². The average Bonchev–Trinajstić information content (AvgIpc) is 2.79. The van der Waals surface area contributed by atoms with Gasteiger partial charge in [-0.3, -0.25) is 4.68 Å². The number of hydrogen-bond acceptors (Lipinski definition) is 4. The molecule has 3 rings (SSSR count). The SMILES string of the molecule is Cn1cc(Br)c(Nc2ccc(C3CNCCO3)cc2)n1. The highest BCUT2D eigenvalue weighted by atomic mass is 79.9. The Labute approximate surface area is 126 Å². The number of aryl methyl sites for hydroxylation is 1. The summed E-state index contributed by atoms with van der Waals surface area (Å²) in [6.45, 7) is 2.58. The Morgan fingerprint density at radius 2 is 2.20 bits per heavy atom. The number of benzene rings is 1. The summed E-state index contributed by atoms with van der Waals surface area (Å²) in [5.74, 6) is 0.816. The maximum Gasteiger partial charge on any atom is 0.166 e. The highest BCUT2D eigenvalue weighted by Gasteiger charge is 2.15. The number of nitrogens with zero attached hydrogens (tertiary/aromatic N) is 2. The maximum atomic E-state index is 5.74. The average molecular weight is 337 g/mol. The van der Waals surface area contributed by atoms with E-state index in [4.69, 9.17) is 4.74 Å². The van der Waals surface area contributed by atoms with Crippen LogP contribution in [-0.4, -0.2) is 29.5 Å². The molecule has 1 aliphatic rings. The van der Waals surface area contributed by atoms with Crippen LogP contribution in [0.3, 0.4) is 0 Å². The van der Waals surface area contributed by atoms with Crippen molar-refractivity contribution in [1.82, 2.24) is 15.1 Å². The number of anilines is 2. The summed E-state index contributed by atoms with van der Waals surface area (Å²) in [6, 6.07) is 8.29. The lowest BCUT2D eigenvalue weighted by Crippen LogP contribution is -2.33. The van der Waals surface area contributed by atoms with E-state index in [1.165, 1.54) is 5.56 Å². The highest BCUT2D eigenvalue weighted by Crippen LogP contribution is 2.25. The van der Waals surface area contributed by atoms with Crippen LogP contribution in [0.4, 0.5) is 11.5 Å². The molecule has 6 heteroatoms. The van der Waals surface area contributed by atoms with Crippen molar-refractivity contribution in [2.75, 3.05) is 25.0 Å². The molecule has 20 heavy (non-hydrogen) atoms. The van der Waals surface area contributed by atoms with Crippen LogP contribution in [0.2, 0.25) is 0 Å². The molecule has 0 amide bonds. The van der Waals surface area contributed by atoms with Crippen LogP contribution in [0.25, 0.3) is 0 Å². The molecule has 1 fully saturated rings. The first-order valence-corrected chi connectivity index (χ1v) is 7.40. The van der Waals surface area contributed by atoms with E-state index in [0.29, 0.717) is 0 Å². The van der Waals surface area contributed by atoms with Crippen molar-refractivity contribution < 1.29 is 4.74 Å². The van der Waals surface area contributed by atoms with Gasteiger partial charge in [0.25, 0.3) is 0 Å². The second-order valence-corrected chi connectivity index (χ2v) is 5.66. The zero-order valence-corrected chi connectivity index (χ0v) is 12.9. The largest absolute Gasteiger partial charge is 0.371 e. The molecule has 2 aromatic rings. The summed E-state index contributed by atoms with van der Waals surface area (Å²) in [5, 5.41) is 11.0. The van der Waals surface area contributed by atoms with Gasteiger partial charge < -0.3 is 15.4 Å². The molecule has 0 bridgehead atoms. The predicted molar refractivity (Wildman–Crippen MR) is 82.2 cm³/mol. The molecule has 5 nitrogen and oxygen atoms in total. The van der Waals surface area contributed by atoms with Gasteiger partial charge in [0, 0.05) is 32.0 Å². The van der Waals surface area contributed by atoms with Crippen LogP contribution in [-0.2, 0) is 11.8 Å². The molecule has 0 saturated carbocycles. The Morgan fingerprint density at radius 1 is 1.40 bits per heavy atom. The second-order valence-electron chi connectivity index (χ2n) is 4.81. The van der Waals surface area contributed by atoms with E-state index in [0.717, 1.165) is 35.7 Å². The fourth-order valence-electron chi connectivity index (χ4n) is 2.24. The van der Waals surface area contributed by atoms with Crippen LogP contribution in [0.5, 0.6) is 0 Å². The van der Waals surface area contributed by atoms with Gasteiger partial charge in [-0.2, -0.15) is 5.10 Å². The Kier molecular flexibility index (Phi) is 4.05. The molecule has 0 aliphatic carbocycles. The maximum absolute atomic E-state index is 5.74. The lowest BCUT2D eigenvalue weighted by atomic mass is 10.1. The van der Waals surface area contributed by atoms with Crippen LogP contribution < -0.4 is 10.6 Å². The third kappa shape index (κ3) is 3.03. The first-order valence-electron chi connectivity index (χ1n) is 6.61. The van der Waals surface area contributed by atoms with Gasteiger partial charge in [-0.15, -0.1) is 0 Å². The van der Waals surface area contributed by atoms with Gasteiger partial charge in [0.15, 0.2) is 5.82 Å². The number of ether oxygens (including phenoxy) is 1. The molecule has 1 unspecified atom stereocenters. The van der Waals surface area contributed by atoms with Crippen molar-refractivity contribution in [3.05, 3.63) is 40.5 Å². The Morgan fingerprint density at radius 3 is 2.80 bits per heavy atom. The number of morpholine rings is 1. The number of aromatic nitrogens is 2. The quantitative estimate of drug-likeness (QED) is 0.904. The molecular formula is C14H17BrN4O. The normalized spacial score (nSPS) is 19.0. The van der Waals surface area contributed by atoms with Gasteiger partial charge in [-0.25, -0.2) is 0 Å².